The van der Waals surface area contributed by atoms with E-state index in [1.54, 1.807) is 0 Å². The Hall–Kier alpha value is -2.36. The third-order valence-corrected chi connectivity index (χ3v) is 4.65. The van der Waals surface area contributed by atoms with Crippen molar-refractivity contribution in [3.8, 4) is 11.1 Å². The quantitative estimate of drug-likeness (QED) is 0.550. The largest absolute Gasteiger partial charge is 0.416 e. The fraction of sp³-hybridized carbons (Fsp3) is 0.250. The molecule has 2 aromatic carbocycles. The number of alkyl halides is 3. The molecular weight excluding hydrogens is 311 g/mol. The molecule has 1 aromatic heterocycles. The molecule has 0 unspecified atom stereocenters. The van der Waals surface area contributed by atoms with Gasteiger partial charge in [-0.2, -0.15) is 13.2 Å². The number of pyridine rings is 1. The van der Waals surface area contributed by atoms with Gasteiger partial charge in [0, 0.05) is 11.1 Å². The fourth-order valence-electron chi connectivity index (χ4n) is 3.53. The van der Waals surface area contributed by atoms with Crippen LogP contribution in [0.2, 0.25) is 0 Å². The first kappa shape index (κ1) is 15.2. The van der Waals surface area contributed by atoms with Crippen molar-refractivity contribution < 1.29 is 13.2 Å². The molecule has 0 N–H and O–H groups in total. The third-order valence-electron chi connectivity index (χ3n) is 4.65. The van der Waals surface area contributed by atoms with E-state index in [0.29, 0.717) is 10.9 Å². The summed E-state index contributed by atoms with van der Waals surface area (Å²) in [6.07, 6.45) is -0.442. The Morgan fingerprint density at radius 3 is 2.38 bits per heavy atom. The number of rotatable bonds is 1. The van der Waals surface area contributed by atoms with Crippen LogP contribution < -0.4 is 0 Å². The van der Waals surface area contributed by atoms with Crippen molar-refractivity contribution in [1.29, 1.82) is 0 Å². The maximum absolute atomic E-state index is 13.2. The zero-order valence-electron chi connectivity index (χ0n) is 13.0. The van der Waals surface area contributed by atoms with Crippen LogP contribution in [0.15, 0.2) is 48.5 Å². The van der Waals surface area contributed by atoms with Crippen molar-refractivity contribution in [2.24, 2.45) is 0 Å². The number of hydrogen-bond acceptors (Lipinski definition) is 1. The summed E-state index contributed by atoms with van der Waals surface area (Å²) in [5.74, 6) is 0. The summed E-state index contributed by atoms with van der Waals surface area (Å²) in [7, 11) is 0. The standard InChI is InChI=1S/C20H16F3N/c21-20(22,23)14-10-11-18-16(12-14)19(13-6-2-1-3-7-13)15-8-4-5-9-17(15)24-18/h1-3,6-7,10-12H,4-5,8-9H2. The van der Waals surface area contributed by atoms with Crippen molar-refractivity contribution in [2.75, 3.05) is 0 Å². The average molecular weight is 327 g/mol. The van der Waals surface area contributed by atoms with Gasteiger partial charge in [0.25, 0.3) is 0 Å². The topological polar surface area (TPSA) is 12.9 Å². The molecule has 0 saturated carbocycles. The Bertz CT molecular complexity index is 898. The summed E-state index contributed by atoms with van der Waals surface area (Å²) in [5, 5.41) is 0.594. The van der Waals surface area contributed by atoms with Gasteiger partial charge in [-0.3, -0.25) is 4.98 Å². The predicted octanol–water partition coefficient (Wildman–Crippen LogP) is 5.80. The van der Waals surface area contributed by atoms with Crippen molar-refractivity contribution >= 4 is 10.9 Å². The normalized spacial score (nSPS) is 14.6. The summed E-state index contributed by atoms with van der Waals surface area (Å²) < 4.78 is 39.5. The van der Waals surface area contributed by atoms with Gasteiger partial charge in [0.1, 0.15) is 0 Å². The average Bonchev–Trinajstić information content (AvgIpc) is 2.59. The molecular formula is C20H16F3N. The number of fused-ring (bicyclic) bond motifs is 2. The third kappa shape index (κ3) is 2.56. The summed E-state index contributed by atoms with van der Waals surface area (Å²) in [5.41, 5.74) is 4.04. The zero-order valence-corrected chi connectivity index (χ0v) is 13.0. The van der Waals surface area contributed by atoms with E-state index >= 15 is 0 Å². The molecule has 0 aliphatic heterocycles. The highest BCUT2D eigenvalue weighted by Gasteiger charge is 2.31. The molecule has 0 radical (unpaired) electrons. The lowest BCUT2D eigenvalue weighted by Crippen LogP contribution is -2.09. The molecule has 0 fully saturated rings. The summed E-state index contributed by atoms with van der Waals surface area (Å²) in [6.45, 7) is 0. The molecule has 0 atom stereocenters. The van der Waals surface area contributed by atoms with Gasteiger partial charge >= 0.3 is 6.18 Å². The second-order valence-electron chi connectivity index (χ2n) is 6.21. The first-order valence-corrected chi connectivity index (χ1v) is 8.12. The fourth-order valence-corrected chi connectivity index (χ4v) is 3.53. The van der Waals surface area contributed by atoms with Gasteiger partial charge < -0.3 is 0 Å². The van der Waals surface area contributed by atoms with Gasteiger partial charge in [-0.05, 0) is 60.6 Å². The van der Waals surface area contributed by atoms with E-state index in [0.717, 1.165) is 54.1 Å². The molecule has 1 nitrogen and oxygen atoms in total. The summed E-state index contributed by atoms with van der Waals surface area (Å²) in [6, 6.07) is 13.6. The molecule has 1 aliphatic rings. The molecule has 122 valence electrons. The zero-order chi connectivity index (χ0) is 16.7. The van der Waals surface area contributed by atoms with Crippen molar-refractivity contribution in [1.82, 2.24) is 4.98 Å². The molecule has 24 heavy (non-hydrogen) atoms. The van der Waals surface area contributed by atoms with Crippen LogP contribution in [0, 0.1) is 0 Å². The lowest BCUT2D eigenvalue weighted by Gasteiger charge is -2.21. The number of benzene rings is 2. The smallest absolute Gasteiger partial charge is 0.253 e. The Labute approximate surface area is 138 Å². The van der Waals surface area contributed by atoms with Crippen LogP contribution in [0.4, 0.5) is 13.2 Å². The number of aryl methyl sites for hydroxylation is 1. The Morgan fingerprint density at radius 1 is 0.875 bits per heavy atom. The highest BCUT2D eigenvalue weighted by Crippen LogP contribution is 2.39. The van der Waals surface area contributed by atoms with Gasteiger partial charge in [0.2, 0.25) is 0 Å². The molecule has 3 aromatic rings. The number of halogens is 3. The minimum absolute atomic E-state index is 0.594. The number of hydrogen-bond donors (Lipinski definition) is 0. The second-order valence-corrected chi connectivity index (χ2v) is 6.21. The van der Waals surface area contributed by atoms with E-state index in [-0.39, 0.29) is 0 Å². The second kappa shape index (κ2) is 5.62. The van der Waals surface area contributed by atoms with Crippen molar-refractivity contribution in [2.45, 2.75) is 31.9 Å². The number of nitrogens with zero attached hydrogens (tertiary/aromatic N) is 1. The van der Waals surface area contributed by atoms with Crippen LogP contribution in [0.1, 0.15) is 29.7 Å². The summed E-state index contributed by atoms with van der Waals surface area (Å²) in [4.78, 5) is 4.66. The highest BCUT2D eigenvalue weighted by molar-refractivity contribution is 5.97. The van der Waals surface area contributed by atoms with E-state index in [1.165, 1.54) is 12.1 Å². The maximum Gasteiger partial charge on any atom is 0.416 e. The van der Waals surface area contributed by atoms with Crippen LogP contribution in [-0.2, 0) is 19.0 Å². The van der Waals surface area contributed by atoms with E-state index in [4.69, 9.17) is 0 Å². The molecule has 4 rings (SSSR count). The lowest BCUT2D eigenvalue weighted by atomic mass is 9.86. The van der Waals surface area contributed by atoms with Crippen LogP contribution in [0.5, 0.6) is 0 Å². The minimum Gasteiger partial charge on any atom is -0.253 e. The monoisotopic (exact) mass is 327 g/mol. The van der Waals surface area contributed by atoms with Crippen molar-refractivity contribution in [3.63, 3.8) is 0 Å². The Balaban J connectivity index is 2.07. The van der Waals surface area contributed by atoms with Crippen LogP contribution in [0.25, 0.3) is 22.0 Å². The molecule has 0 spiro atoms. The Morgan fingerprint density at radius 2 is 1.62 bits per heavy atom. The molecule has 1 heterocycles. The van der Waals surface area contributed by atoms with Gasteiger partial charge in [-0.25, -0.2) is 0 Å². The van der Waals surface area contributed by atoms with E-state index < -0.39 is 11.7 Å². The summed E-state index contributed by atoms with van der Waals surface area (Å²) >= 11 is 0. The first-order chi connectivity index (χ1) is 11.5. The van der Waals surface area contributed by atoms with Crippen LogP contribution in [0.3, 0.4) is 0 Å². The van der Waals surface area contributed by atoms with Gasteiger partial charge in [-0.1, -0.05) is 30.3 Å². The maximum atomic E-state index is 13.2. The van der Waals surface area contributed by atoms with Gasteiger partial charge in [0.05, 0.1) is 11.1 Å². The van der Waals surface area contributed by atoms with E-state index in [2.05, 4.69) is 4.98 Å². The highest BCUT2D eigenvalue weighted by atomic mass is 19.4. The first-order valence-electron chi connectivity index (χ1n) is 8.12. The SMILES string of the molecule is FC(F)(F)c1ccc2nc3c(c(-c4ccccc4)c2c1)CCCC3. The van der Waals surface area contributed by atoms with E-state index in [9.17, 15) is 13.2 Å². The lowest BCUT2D eigenvalue weighted by molar-refractivity contribution is -0.137. The van der Waals surface area contributed by atoms with E-state index in [1.807, 2.05) is 30.3 Å². The minimum atomic E-state index is -4.35. The van der Waals surface area contributed by atoms with Crippen LogP contribution >= 0.6 is 0 Å². The van der Waals surface area contributed by atoms with Gasteiger partial charge in [-0.15, -0.1) is 0 Å². The Kier molecular flexibility index (Phi) is 3.56. The van der Waals surface area contributed by atoms with Crippen LogP contribution in [-0.4, -0.2) is 4.98 Å². The molecule has 0 saturated heterocycles. The van der Waals surface area contributed by atoms with Gasteiger partial charge in [0.15, 0.2) is 0 Å². The van der Waals surface area contributed by atoms with Crippen molar-refractivity contribution in [3.05, 3.63) is 65.4 Å². The molecule has 0 amide bonds. The number of aromatic nitrogens is 1. The molecule has 1 aliphatic carbocycles. The molecule has 4 heteroatoms. The molecule has 0 bridgehead atoms. The predicted molar refractivity (Wildman–Crippen MR) is 88.8 cm³/mol.